The van der Waals surface area contributed by atoms with Crippen molar-refractivity contribution in [1.82, 2.24) is 0 Å². The molecule has 0 aromatic rings. The predicted molar refractivity (Wildman–Crippen MR) is 42.6 cm³/mol. The van der Waals surface area contributed by atoms with Crippen LogP contribution < -0.4 is 0 Å². The highest BCUT2D eigenvalue weighted by Crippen LogP contribution is 2.47. The summed E-state index contributed by atoms with van der Waals surface area (Å²) in [4.78, 5) is 10.8. The van der Waals surface area contributed by atoms with Crippen molar-refractivity contribution in [3.8, 4) is 0 Å². The summed E-state index contributed by atoms with van der Waals surface area (Å²) < 4.78 is 73.8. The van der Waals surface area contributed by atoms with Crippen molar-refractivity contribution in [2.75, 3.05) is 0 Å². The maximum Gasteiger partial charge on any atom is 0.400 e. The molecule has 0 aromatic heterocycles. The highest BCUT2D eigenvalue weighted by Gasteiger charge is 2.59. The van der Waals surface area contributed by atoms with E-state index in [1.165, 1.54) is 0 Å². The lowest BCUT2D eigenvalue weighted by Gasteiger charge is -2.32. The summed E-state index contributed by atoms with van der Waals surface area (Å²) in [6, 6.07) is 0. The SMILES string of the molecule is O=C1CCC(C(C(F)(F)F)C(F)(F)F)CC1. The summed E-state index contributed by atoms with van der Waals surface area (Å²) in [5.41, 5.74) is 0. The molecule has 0 amide bonds. The van der Waals surface area contributed by atoms with Crippen LogP contribution >= 0.6 is 0 Å². The second-order valence-corrected chi connectivity index (χ2v) is 3.94. The first-order valence-electron chi connectivity index (χ1n) is 4.77. The molecule has 0 aromatic carbocycles. The van der Waals surface area contributed by atoms with Crippen LogP contribution in [0.2, 0.25) is 0 Å². The van der Waals surface area contributed by atoms with Gasteiger partial charge in [0.05, 0.1) is 0 Å². The Morgan fingerprint density at radius 2 is 1.31 bits per heavy atom. The molecule has 7 heteroatoms. The van der Waals surface area contributed by atoms with Crippen LogP contribution in [0.1, 0.15) is 25.7 Å². The lowest BCUT2D eigenvalue weighted by Crippen LogP contribution is -2.43. The molecule has 1 saturated carbocycles. The third kappa shape index (κ3) is 3.12. The second-order valence-electron chi connectivity index (χ2n) is 3.94. The molecule has 0 heterocycles. The van der Waals surface area contributed by atoms with Crippen molar-refractivity contribution in [1.29, 1.82) is 0 Å². The summed E-state index contributed by atoms with van der Waals surface area (Å²) >= 11 is 0. The third-order valence-electron chi connectivity index (χ3n) is 2.76. The zero-order valence-corrected chi connectivity index (χ0v) is 8.16. The minimum absolute atomic E-state index is 0.187. The number of carbonyl (C=O) groups is 1. The Labute approximate surface area is 87.8 Å². The molecule has 0 aliphatic heterocycles. The maximum atomic E-state index is 12.3. The smallest absolute Gasteiger partial charge is 0.300 e. The van der Waals surface area contributed by atoms with Gasteiger partial charge in [-0.3, -0.25) is 4.79 Å². The molecule has 0 spiro atoms. The topological polar surface area (TPSA) is 17.1 Å². The van der Waals surface area contributed by atoms with Gasteiger partial charge in [-0.05, 0) is 18.8 Å². The Morgan fingerprint density at radius 1 is 0.938 bits per heavy atom. The van der Waals surface area contributed by atoms with E-state index < -0.39 is 24.2 Å². The van der Waals surface area contributed by atoms with Crippen molar-refractivity contribution < 1.29 is 31.1 Å². The lowest BCUT2D eigenvalue weighted by molar-refractivity contribution is -0.300. The normalized spacial score (nSPS) is 20.6. The average molecular weight is 248 g/mol. The average Bonchev–Trinajstić information content (AvgIpc) is 2.03. The maximum absolute atomic E-state index is 12.3. The molecule has 1 aliphatic carbocycles. The van der Waals surface area contributed by atoms with Gasteiger partial charge in [0.25, 0.3) is 0 Å². The molecule has 0 radical (unpaired) electrons. The standard InChI is InChI=1S/C9H10F6O/c10-8(11,12)7(9(13,14)15)5-1-3-6(16)4-2-5/h5,7H,1-4H2. The monoisotopic (exact) mass is 248 g/mol. The van der Waals surface area contributed by atoms with Crippen LogP contribution in [-0.2, 0) is 4.79 Å². The van der Waals surface area contributed by atoms with Crippen LogP contribution in [0.15, 0.2) is 0 Å². The number of Topliss-reactive ketones (excluding diaryl/α,β-unsaturated/α-hetero) is 1. The molecule has 1 aliphatic rings. The van der Waals surface area contributed by atoms with Crippen molar-refractivity contribution in [3.05, 3.63) is 0 Å². The van der Waals surface area contributed by atoms with E-state index in [1.54, 1.807) is 0 Å². The Hall–Kier alpha value is -0.750. The molecule has 0 N–H and O–H groups in total. The van der Waals surface area contributed by atoms with Crippen LogP contribution in [0.5, 0.6) is 0 Å². The van der Waals surface area contributed by atoms with E-state index in [4.69, 9.17) is 0 Å². The van der Waals surface area contributed by atoms with E-state index in [2.05, 4.69) is 0 Å². The number of ketones is 1. The molecule has 94 valence electrons. The Bertz CT molecular complexity index is 242. The van der Waals surface area contributed by atoms with Crippen molar-refractivity contribution >= 4 is 5.78 Å². The molecule has 1 rings (SSSR count). The van der Waals surface area contributed by atoms with Gasteiger partial charge in [0, 0.05) is 12.8 Å². The summed E-state index contributed by atoms with van der Waals surface area (Å²) in [6.45, 7) is 0. The van der Waals surface area contributed by atoms with E-state index in [1.807, 2.05) is 0 Å². The number of carbonyl (C=O) groups excluding carboxylic acids is 1. The Balaban J connectivity index is 2.82. The number of hydrogen-bond donors (Lipinski definition) is 0. The van der Waals surface area contributed by atoms with E-state index >= 15 is 0 Å². The van der Waals surface area contributed by atoms with Crippen molar-refractivity contribution in [2.45, 2.75) is 38.0 Å². The zero-order chi connectivity index (χ0) is 12.6. The molecular weight excluding hydrogens is 238 g/mol. The fraction of sp³-hybridized carbons (Fsp3) is 0.889. The van der Waals surface area contributed by atoms with Gasteiger partial charge in [0.15, 0.2) is 5.92 Å². The molecule has 0 unspecified atom stereocenters. The van der Waals surface area contributed by atoms with Gasteiger partial charge < -0.3 is 0 Å². The Morgan fingerprint density at radius 3 is 1.62 bits per heavy atom. The zero-order valence-electron chi connectivity index (χ0n) is 8.16. The van der Waals surface area contributed by atoms with Gasteiger partial charge in [-0.25, -0.2) is 0 Å². The van der Waals surface area contributed by atoms with E-state index in [0.717, 1.165) is 0 Å². The number of rotatable bonds is 1. The predicted octanol–water partition coefficient (Wildman–Crippen LogP) is 3.49. The summed E-state index contributed by atoms with van der Waals surface area (Å²) in [5.74, 6) is -5.08. The number of halogens is 6. The first kappa shape index (κ1) is 13.3. The van der Waals surface area contributed by atoms with Gasteiger partial charge in [-0.2, -0.15) is 26.3 Å². The van der Waals surface area contributed by atoms with Gasteiger partial charge in [-0.1, -0.05) is 0 Å². The highest BCUT2D eigenvalue weighted by molar-refractivity contribution is 5.79. The van der Waals surface area contributed by atoms with E-state index in [-0.39, 0.29) is 31.5 Å². The van der Waals surface area contributed by atoms with E-state index in [9.17, 15) is 31.1 Å². The number of alkyl halides is 6. The van der Waals surface area contributed by atoms with Gasteiger partial charge in [0.2, 0.25) is 0 Å². The second kappa shape index (κ2) is 4.25. The largest absolute Gasteiger partial charge is 0.400 e. The summed E-state index contributed by atoms with van der Waals surface area (Å²) in [7, 11) is 0. The molecule has 0 saturated heterocycles. The molecule has 1 nitrogen and oxygen atoms in total. The quantitative estimate of drug-likeness (QED) is 0.649. The first-order chi connectivity index (χ1) is 7.12. The fourth-order valence-electron chi connectivity index (χ4n) is 2.02. The molecule has 0 atom stereocenters. The van der Waals surface area contributed by atoms with Crippen LogP contribution in [0.3, 0.4) is 0 Å². The van der Waals surface area contributed by atoms with Gasteiger partial charge in [-0.15, -0.1) is 0 Å². The summed E-state index contributed by atoms with van der Waals surface area (Å²) in [6.07, 6.45) is -11.6. The van der Waals surface area contributed by atoms with Crippen LogP contribution in [-0.4, -0.2) is 18.1 Å². The lowest BCUT2D eigenvalue weighted by atomic mass is 9.79. The van der Waals surface area contributed by atoms with Crippen LogP contribution in [0, 0.1) is 11.8 Å². The third-order valence-corrected chi connectivity index (χ3v) is 2.76. The highest BCUT2D eigenvalue weighted by atomic mass is 19.4. The molecular formula is C9H10F6O. The van der Waals surface area contributed by atoms with Gasteiger partial charge >= 0.3 is 12.4 Å². The summed E-state index contributed by atoms with van der Waals surface area (Å²) in [5, 5.41) is 0. The minimum Gasteiger partial charge on any atom is -0.300 e. The first-order valence-corrected chi connectivity index (χ1v) is 4.77. The van der Waals surface area contributed by atoms with Crippen LogP contribution in [0.4, 0.5) is 26.3 Å². The molecule has 1 fully saturated rings. The fourth-order valence-corrected chi connectivity index (χ4v) is 2.02. The molecule has 0 bridgehead atoms. The molecule has 16 heavy (non-hydrogen) atoms. The number of hydrogen-bond acceptors (Lipinski definition) is 1. The van der Waals surface area contributed by atoms with Crippen LogP contribution in [0.25, 0.3) is 0 Å². The van der Waals surface area contributed by atoms with Gasteiger partial charge in [0.1, 0.15) is 5.78 Å². The van der Waals surface area contributed by atoms with Crippen molar-refractivity contribution in [2.24, 2.45) is 11.8 Å². The van der Waals surface area contributed by atoms with E-state index in [0.29, 0.717) is 0 Å². The Kier molecular flexibility index (Phi) is 3.54. The minimum atomic E-state index is -5.29. The van der Waals surface area contributed by atoms with Crippen molar-refractivity contribution in [3.63, 3.8) is 0 Å².